The van der Waals surface area contributed by atoms with E-state index in [4.69, 9.17) is 11.6 Å². The predicted octanol–water partition coefficient (Wildman–Crippen LogP) is 4.65. The Balaban J connectivity index is 1.87. The van der Waals surface area contributed by atoms with Crippen LogP contribution in [-0.2, 0) is 4.79 Å². The third-order valence-corrected chi connectivity index (χ3v) is 5.84. The molecule has 3 rings (SSSR count). The number of Topliss-reactive ketones (excluding diaryl/α,β-unsaturated/α-hetero) is 2. The molecule has 2 aliphatic rings. The summed E-state index contributed by atoms with van der Waals surface area (Å²) in [5, 5.41) is -0.138. The van der Waals surface area contributed by atoms with Gasteiger partial charge in [-0.25, -0.2) is 0 Å². The van der Waals surface area contributed by atoms with Gasteiger partial charge in [-0.1, -0.05) is 43.2 Å². The van der Waals surface area contributed by atoms with Crippen molar-refractivity contribution in [3.05, 3.63) is 35.9 Å². The predicted molar refractivity (Wildman–Crippen MR) is 88.2 cm³/mol. The maximum absolute atomic E-state index is 13.0. The molecule has 0 saturated heterocycles. The molecule has 2 aliphatic carbocycles. The molecular formula is C19H23ClO2. The molecule has 0 unspecified atom stereocenters. The zero-order valence-electron chi connectivity index (χ0n) is 12.8. The van der Waals surface area contributed by atoms with E-state index in [1.54, 1.807) is 0 Å². The Labute approximate surface area is 137 Å². The molecule has 1 aromatic rings. The SMILES string of the molecule is O=C(c1ccccc1)[C@@H]1[C@@H]([C@H]2CCCCC2=O)CCC[C@H]1Cl. The van der Waals surface area contributed by atoms with Crippen LogP contribution in [0.4, 0.5) is 0 Å². The summed E-state index contributed by atoms with van der Waals surface area (Å²) in [6.07, 6.45) is 6.59. The van der Waals surface area contributed by atoms with Crippen LogP contribution in [0.5, 0.6) is 0 Å². The van der Waals surface area contributed by atoms with Crippen LogP contribution in [0.25, 0.3) is 0 Å². The van der Waals surface area contributed by atoms with E-state index in [2.05, 4.69) is 0 Å². The van der Waals surface area contributed by atoms with Gasteiger partial charge in [-0.3, -0.25) is 9.59 Å². The molecule has 0 heterocycles. The van der Waals surface area contributed by atoms with Crippen LogP contribution < -0.4 is 0 Å². The molecule has 3 heteroatoms. The van der Waals surface area contributed by atoms with E-state index in [0.29, 0.717) is 12.2 Å². The van der Waals surface area contributed by atoms with Crippen molar-refractivity contribution in [2.75, 3.05) is 0 Å². The van der Waals surface area contributed by atoms with Gasteiger partial charge in [0.2, 0.25) is 0 Å². The molecule has 0 N–H and O–H groups in total. The van der Waals surface area contributed by atoms with Crippen LogP contribution >= 0.6 is 11.6 Å². The number of alkyl halides is 1. The Hall–Kier alpha value is -1.15. The second-order valence-electron chi connectivity index (χ2n) is 6.69. The first-order chi connectivity index (χ1) is 10.7. The molecule has 4 atom stereocenters. The monoisotopic (exact) mass is 318 g/mol. The van der Waals surface area contributed by atoms with Gasteiger partial charge >= 0.3 is 0 Å². The number of carbonyl (C=O) groups excluding carboxylic acids is 2. The van der Waals surface area contributed by atoms with Gasteiger partial charge in [-0.05, 0) is 31.6 Å². The average Bonchev–Trinajstić information content (AvgIpc) is 2.55. The number of benzene rings is 1. The molecule has 0 amide bonds. The minimum atomic E-state index is -0.204. The van der Waals surface area contributed by atoms with Crippen molar-refractivity contribution in [1.29, 1.82) is 0 Å². The van der Waals surface area contributed by atoms with Gasteiger partial charge in [0.25, 0.3) is 0 Å². The van der Waals surface area contributed by atoms with Crippen molar-refractivity contribution in [2.45, 2.75) is 50.3 Å². The van der Waals surface area contributed by atoms with Crippen LogP contribution in [0.2, 0.25) is 0 Å². The Kier molecular flexibility index (Phi) is 4.97. The van der Waals surface area contributed by atoms with Gasteiger partial charge in [0.05, 0.1) is 0 Å². The molecule has 0 aromatic heterocycles. The van der Waals surface area contributed by atoms with Gasteiger partial charge in [-0.2, -0.15) is 0 Å². The summed E-state index contributed by atoms with van der Waals surface area (Å²) in [4.78, 5) is 25.3. The third kappa shape index (κ3) is 3.12. The van der Waals surface area contributed by atoms with Gasteiger partial charge in [0.1, 0.15) is 5.78 Å². The first-order valence-corrected chi connectivity index (χ1v) is 8.88. The number of rotatable bonds is 3. The second kappa shape index (κ2) is 6.95. The number of halogens is 1. The van der Waals surface area contributed by atoms with Crippen LogP contribution in [0.15, 0.2) is 30.3 Å². The lowest BCUT2D eigenvalue weighted by atomic mass is 9.65. The second-order valence-corrected chi connectivity index (χ2v) is 7.25. The van der Waals surface area contributed by atoms with Crippen LogP contribution in [0.1, 0.15) is 55.3 Å². The lowest BCUT2D eigenvalue weighted by Crippen LogP contribution is -2.42. The number of ketones is 2. The minimum Gasteiger partial charge on any atom is -0.299 e. The maximum Gasteiger partial charge on any atom is 0.167 e. The zero-order valence-corrected chi connectivity index (χ0v) is 13.6. The fourth-order valence-electron chi connectivity index (χ4n) is 4.24. The normalized spacial score (nSPS) is 32.7. The number of hydrogen-bond acceptors (Lipinski definition) is 2. The van der Waals surface area contributed by atoms with Crippen molar-refractivity contribution < 1.29 is 9.59 Å². The van der Waals surface area contributed by atoms with E-state index < -0.39 is 0 Å². The van der Waals surface area contributed by atoms with Crippen molar-refractivity contribution in [3.63, 3.8) is 0 Å². The molecule has 22 heavy (non-hydrogen) atoms. The minimum absolute atomic E-state index is 0.0490. The largest absolute Gasteiger partial charge is 0.299 e. The highest BCUT2D eigenvalue weighted by Crippen LogP contribution is 2.43. The molecule has 0 radical (unpaired) electrons. The van der Waals surface area contributed by atoms with Crippen molar-refractivity contribution >= 4 is 23.2 Å². The van der Waals surface area contributed by atoms with Crippen LogP contribution in [0.3, 0.4) is 0 Å². The summed E-state index contributed by atoms with van der Waals surface area (Å²) in [5.41, 5.74) is 0.730. The quantitative estimate of drug-likeness (QED) is 0.600. The van der Waals surface area contributed by atoms with Gasteiger partial charge in [0.15, 0.2) is 5.78 Å². The fourth-order valence-corrected chi connectivity index (χ4v) is 4.70. The highest BCUT2D eigenvalue weighted by atomic mass is 35.5. The first kappa shape index (κ1) is 15.7. The van der Waals surface area contributed by atoms with E-state index in [1.807, 2.05) is 30.3 Å². The molecule has 0 spiro atoms. The highest BCUT2D eigenvalue weighted by Gasteiger charge is 2.43. The average molecular weight is 319 g/mol. The van der Waals surface area contributed by atoms with Crippen molar-refractivity contribution in [3.8, 4) is 0 Å². The molecule has 2 saturated carbocycles. The van der Waals surface area contributed by atoms with Gasteiger partial charge in [-0.15, -0.1) is 11.6 Å². The number of hydrogen-bond donors (Lipinski definition) is 0. The first-order valence-electron chi connectivity index (χ1n) is 8.44. The summed E-state index contributed by atoms with van der Waals surface area (Å²) in [6.45, 7) is 0. The van der Waals surface area contributed by atoms with E-state index >= 15 is 0 Å². The summed E-state index contributed by atoms with van der Waals surface area (Å²) in [7, 11) is 0. The van der Waals surface area contributed by atoms with Crippen LogP contribution in [0, 0.1) is 17.8 Å². The van der Waals surface area contributed by atoms with E-state index in [9.17, 15) is 9.59 Å². The summed E-state index contributed by atoms with van der Waals surface area (Å²) in [5.74, 6) is 0.464. The van der Waals surface area contributed by atoms with E-state index in [1.165, 1.54) is 0 Å². The van der Waals surface area contributed by atoms with Gasteiger partial charge in [0, 0.05) is 29.2 Å². The van der Waals surface area contributed by atoms with Crippen molar-refractivity contribution in [2.24, 2.45) is 17.8 Å². The number of carbonyl (C=O) groups is 2. The molecule has 0 aliphatic heterocycles. The van der Waals surface area contributed by atoms with Gasteiger partial charge < -0.3 is 0 Å². The third-order valence-electron chi connectivity index (χ3n) is 5.35. The lowest BCUT2D eigenvalue weighted by Gasteiger charge is -2.39. The molecule has 118 valence electrons. The zero-order chi connectivity index (χ0) is 15.5. The lowest BCUT2D eigenvalue weighted by molar-refractivity contribution is -0.127. The maximum atomic E-state index is 13.0. The summed E-state index contributed by atoms with van der Waals surface area (Å²) >= 11 is 6.56. The summed E-state index contributed by atoms with van der Waals surface area (Å²) < 4.78 is 0. The highest BCUT2D eigenvalue weighted by molar-refractivity contribution is 6.23. The summed E-state index contributed by atoms with van der Waals surface area (Å²) in [6, 6.07) is 9.42. The van der Waals surface area contributed by atoms with E-state index in [0.717, 1.165) is 44.1 Å². The molecule has 0 bridgehead atoms. The fraction of sp³-hybridized carbons (Fsp3) is 0.579. The van der Waals surface area contributed by atoms with E-state index in [-0.39, 0.29) is 28.9 Å². The molecular weight excluding hydrogens is 296 g/mol. The smallest absolute Gasteiger partial charge is 0.167 e. The molecule has 2 fully saturated rings. The Bertz CT molecular complexity index is 540. The molecule has 1 aromatic carbocycles. The van der Waals surface area contributed by atoms with Crippen molar-refractivity contribution in [1.82, 2.24) is 0 Å². The molecule has 2 nitrogen and oxygen atoms in total. The Morgan fingerprint density at radius 3 is 2.50 bits per heavy atom. The Morgan fingerprint density at radius 2 is 1.77 bits per heavy atom. The Morgan fingerprint density at radius 1 is 1.00 bits per heavy atom. The standard InChI is InChI=1S/C19H23ClO2/c20-16-11-6-10-15(14-9-4-5-12-17(14)21)18(16)19(22)13-7-2-1-3-8-13/h1-3,7-8,14-16,18H,4-6,9-12H2/t14-,15-,16-,18-/m1/s1. The topological polar surface area (TPSA) is 34.1 Å². The van der Waals surface area contributed by atoms with Crippen LogP contribution in [-0.4, -0.2) is 16.9 Å².